The van der Waals surface area contributed by atoms with Crippen LogP contribution in [0.2, 0.25) is 0 Å². The number of carbonyl (C=O) groups excluding carboxylic acids is 1. The van der Waals surface area contributed by atoms with Gasteiger partial charge in [0.25, 0.3) is 0 Å². The number of esters is 1. The molecule has 0 spiro atoms. The van der Waals surface area contributed by atoms with E-state index in [4.69, 9.17) is 4.11 Å². The van der Waals surface area contributed by atoms with E-state index < -0.39 is 13.0 Å². The molecule has 0 aliphatic rings. The molecule has 0 aliphatic heterocycles. The van der Waals surface area contributed by atoms with E-state index in [-0.39, 0.29) is 6.42 Å². The third-order valence-corrected chi connectivity index (χ3v) is 5.10. The highest BCUT2D eigenvalue weighted by Crippen LogP contribution is 2.14. The predicted octanol–water partition coefficient (Wildman–Crippen LogP) is 7.98. The Hall–Kier alpha value is -0.530. The Labute approximate surface area is 162 Å². The molecule has 2 nitrogen and oxygen atoms in total. The molecule has 0 aromatic heterocycles. The number of rotatable bonds is 20. The Morgan fingerprint density at radius 2 is 0.920 bits per heavy atom. The van der Waals surface area contributed by atoms with Crippen LogP contribution < -0.4 is 0 Å². The average Bonchev–Trinajstić information content (AvgIpc) is 2.62. The van der Waals surface area contributed by atoms with E-state index in [0.717, 1.165) is 19.3 Å². The van der Waals surface area contributed by atoms with E-state index in [0.29, 0.717) is 0 Å². The highest BCUT2D eigenvalue weighted by atomic mass is 16.5. The summed E-state index contributed by atoms with van der Waals surface area (Å²) in [5, 5.41) is 0. The quantitative estimate of drug-likeness (QED) is 0.163. The molecule has 0 saturated carbocycles. The van der Waals surface area contributed by atoms with Crippen molar-refractivity contribution in [2.75, 3.05) is 7.04 Å². The van der Waals surface area contributed by atoms with Gasteiger partial charge in [0.2, 0.25) is 0 Å². The minimum Gasteiger partial charge on any atom is -0.469 e. The first kappa shape index (κ1) is 19.2. The Morgan fingerprint density at radius 3 is 1.24 bits per heavy atom. The van der Waals surface area contributed by atoms with Gasteiger partial charge >= 0.3 is 5.97 Å². The molecule has 0 amide bonds. The fourth-order valence-corrected chi connectivity index (χ4v) is 3.40. The fraction of sp³-hybridized carbons (Fsp3) is 0.957. The van der Waals surface area contributed by atoms with Crippen LogP contribution in [0.25, 0.3) is 0 Å². The fourth-order valence-electron chi connectivity index (χ4n) is 3.40. The summed E-state index contributed by atoms with van der Waals surface area (Å²) in [4.78, 5) is 11.3. The second kappa shape index (κ2) is 21.5. The van der Waals surface area contributed by atoms with E-state index >= 15 is 0 Å². The molecular weight excluding hydrogens is 308 g/mol. The minimum absolute atomic E-state index is 0.219. The lowest BCUT2D eigenvalue weighted by atomic mass is 10.0. The summed E-state index contributed by atoms with van der Waals surface area (Å²) in [6.45, 7) is 2.27. The SMILES string of the molecule is [2H]C([2H])([2H])OC(=O)CCCCCCCCCCCCCCCCCCCCC. The van der Waals surface area contributed by atoms with Gasteiger partial charge in [-0.25, -0.2) is 0 Å². The summed E-state index contributed by atoms with van der Waals surface area (Å²) in [5.74, 6) is -0.605. The predicted molar refractivity (Wildman–Crippen MR) is 110 cm³/mol. The van der Waals surface area contributed by atoms with Crippen LogP contribution in [0.5, 0.6) is 0 Å². The lowest BCUT2D eigenvalue weighted by Gasteiger charge is -2.04. The van der Waals surface area contributed by atoms with E-state index in [1.807, 2.05) is 0 Å². The summed E-state index contributed by atoms with van der Waals surface area (Å²) in [6.07, 6.45) is 25.1. The topological polar surface area (TPSA) is 26.3 Å². The third-order valence-electron chi connectivity index (χ3n) is 5.10. The van der Waals surface area contributed by atoms with Crippen LogP contribution >= 0.6 is 0 Å². The van der Waals surface area contributed by atoms with Gasteiger partial charge in [-0.05, 0) is 6.42 Å². The number of methoxy groups -OCH3 is 1. The summed E-state index contributed by atoms with van der Waals surface area (Å²) < 4.78 is 24.9. The molecule has 0 fully saturated rings. The molecule has 150 valence electrons. The van der Waals surface area contributed by atoms with Gasteiger partial charge in [0.05, 0.1) is 11.2 Å². The molecule has 0 aliphatic carbocycles. The van der Waals surface area contributed by atoms with Crippen LogP contribution in [0.4, 0.5) is 0 Å². The minimum atomic E-state index is -2.59. The average molecular weight is 358 g/mol. The van der Waals surface area contributed by atoms with Crippen molar-refractivity contribution in [2.24, 2.45) is 0 Å². The highest BCUT2D eigenvalue weighted by molar-refractivity contribution is 5.68. The zero-order chi connectivity index (χ0) is 20.9. The molecule has 0 bridgehead atoms. The molecule has 0 heterocycles. The normalized spacial score (nSPS) is 13.2. The molecule has 0 saturated heterocycles. The first-order valence-corrected chi connectivity index (χ1v) is 11.2. The summed E-state index contributed by atoms with van der Waals surface area (Å²) in [5.41, 5.74) is 0. The second-order valence-corrected chi connectivity index (χ2v) is 7.59. The van der Waals surface area contributed by atoms with Crippen LogP contribution in [0, 0.1) is 0 Å². The van der Waals surface area contributed by atoms with Gasteiger partial charge < -0.3 is 4.74 Å². The molecule has 0 radical (unpaired) electrons. The van der Waals surface area contributed by atoms with Gasteiger partial charge in [-0.1, -0.05) is 122 Å². The van der Waals surface area contributed by atoms with Gasteiger partial charge in [0.1, 0.15) is 0 Å². The number of ether oxygens (including phenoxy) is 1. The second-order valence-electron chi connectivity index (χ2n) is 7.59. The zero-order valence-electron chi connectivity index (χ0n) is 20.0. The lowest BCUT2D eigenvalue weighted by molar-refractivity contribution is -0.140. The van der Waals surface area contributed by atoms with Crippen molar-refractivity contribution in [2.45, 2.75) is 135 Å². The third kappa shape index (κ3) is 21.4. The Bertz CT molecular complexity index is 343. The maximum absolute atomic E-state index is 11.3. The van der Waals surface area contributed by atoms with E-state index in [9.17, 15) is 4.79 Å². The Balaban J connectivity index is 3.11. The van der Waals surface area contributed by atoms with Crippen molar-refractivity contribution >= 4 is 5.97 Å². The van der Waals surface area contributed by atoms with Gasteiger partial charge in [-0.3, -0.25) is 4.79 Å². The Kier molecular flexibility index (Phi) is 16.6. The highest BCUT2D eigenvalue weighted by Gasteiger charge is 1.99. The molecule has 25 heavy (non-hydrogen) atoms. The van der Waals surface area contributed by atoms with Crippen LogP contribution in [0.15, 0.2) is 0 Å². The van der Waals surface area contributed by atoms with Crippen LogP contribution in [-0.4, -0.2) is 13.0 Å². The van der Waals surface area contributed by atoms with Crippen molar-refractivity contribution in [3.05, 3.63) is 0 Å². The van der Waals surface area contributed by atoms with Crippen LogP contribution in [-0.2, 0) is 9.53 Å². The maximum Gasteiger partial charge on any atom is 0.305 e. The van der Waals surface area contributed by atoms with Gasteiger partial charge in [-0.2, -0.15) is 0 Å². The molecule has 0 rings (SSSR count). The van der Waals surface area contributed by atoms with Gasteiger partial charge in [0, 0.05) is 6.42 Å². The molecular formula is C23H46O2. The molecule has 0 unspecified atom stereocenters. The zero-order valence-corrected chi connectivity index (χ0v) is 17.0. The smallest absolute Gasteiger partial charge is 0.305 e. The maximum atomic E-state index is 11.3. The Morgan fingerprint density at radius 1 is 0.600 bits per heavy atom. The van der Waals surface area contributed by atoms with Crippen molar-refractivity contribution in [1.29, 1.82) is 0 Å². The molecule has 0 N–H and O–H groups in total. The summed E-state index contributed by atoms with van der Waals surface area (Å²) in [6, 6.07) is 0. The first-order valence-electron chi connectivity index (χ1n) is 12.7. The number of hydrogen-bond acceptors (Lipinski definition) is 2. The van der Waals surface area contributed by atoms with Gasteiger partial charge in [-0.15, -0.1) is 0 Å². The standard InChI is InChI=1S/C23H46O2/c1-3-4-5-6-7-8-9-10-11-12-13-14-15-16-17-18-19-20-21-22-23(24)25-2/h3-22H2,1-2H3/i2D3. The summed E-state index contributed by atoms with van der Waals surface area (Å²) >= 11 is 0. The van der Waals surface area contributed by atoms with Crippen molar-refractivity contribution in [3.8, 4) is 0 Å². The molecule has 0 aromatic carbocycles. The largest absolute Gasteiger partial charge is 0.469 e. The number of hydrogen-bond donors (Lipinski definition) is 0. The van der Waals surface area contributed by atoms with Crippen molar-refractivity contribution in [1.82, 2.24) is 0 Å². The first-order chi connectivity index (χ1) is 13.5. The molecule has 0 aromatic rings. The van der Waals surface area contributed by atoms with E-state index in [1.54, 1.807) is 0 Å². The van der Waals surface area contributed by atoms with E-state index in [1.165, 1.54) is 103 Å². The summed E-state index contributed by atoms with van der Waals surface area (Å²) in [7, 11) is -2.59. The van der Waals surface area contributed by atoms with Crippen LogP contribution in [0.1, 0.15) is 139 Å². The monoisotopic (exact) mass is 357 g/mol. The number of unbranched alkanes of at least 4 members (excludes halogenated alkanes) is 18. The van der Waals surface area contributed by atoms with Crippen molar-refractivity contribution in [3.63, 3.8) is 0 Å². The lowest BCUT2D eigenvalue weighted by Crippen LogP contribution is -1.99. The van der Waals surface area contributed by atoms with Crippen LogP contribution in [0.3, 0.4) is 0 Å². The van der Waals surface area contributed by atoms with Gasteiger partial charge in [0.15, 0.2) is 0 Å². The van der Waals surface area contributed by atoms with E-state index in [2.05, 4.69) is 11.7 Å². The van der Waals surface area contributed by atoms with Crippen molar-refractivity contribution < 1.29 is 13.6 Å². The number of carbonyl (C=O) groups is 1. The molecule has 0 atom stereocenters. The molecule has 2 heteroatoms.